The quantitative estimate of drug-likeness (QED) is 0.623. The van der Waals surface area contributed by atoms with Crippen LogP contribution in [0.15, 0.2) is 53.6 Å². The molecule has 0 N–H and O–H groups in total. The molecule has 1 aliphatic heterocycles. The largest absolute Gasteiger partial charge is 0.465 e. The Bertz CT molecular complexity index is 1100. The van der Waals surface area contributed by atoms with Gasteiger partial charge in [-0.25, -0.2) is 13.2 Å². The van der Waals surface area contributed by atoms with Gasteiger partial charge in [0.15, 0.2) is 5.65 Å². The number of hydrogen-bond donors (Lipinski definition) is 0. The molecule has 1 aromatic carbocycles. The first-order valence-corrected chi connectivity index (χ1v) is 10.4. The zero-order chi connectivity index (χ0) is 19.7. The lowest BCUT2D eigenvalue weighted by molar-refractivity contribution is 0.0600. The number of methoxy groups -OCH3 is 1. The van der Waals surface area contributed by atoms with Crippen molar-refractivity contribution >= 4 is 21.6 Å². The van der Waals surface area contributed by atoms with E-state index in [0.717, 1.165) is 11.5 Å². The average molecular weight is 400 g/mol. The molecular weight excluding hydrogens is 380 g/mol. The number of nitrogens with zero attached hydrogens (tertiary/aromatic N) is 4. The van der Waals surface area contributed by atoms with Crippen molar-refractivity contribution in [2.45, 2.75) is 23.7 Å². The van der Waals surface area contributed by atoms with Crippen LogP contribution in [0.25, 0.3) is 5.65 Å². The standard InChI is InChI=1S/C19H20N4O4S/c1-27-19(24)15-5-7-16(8-6-15)28(25,26)22-12-9-14(10-13-22)18-21-20-17-4-2-3-11-23(17)18/h2-8,11,14H,9-10,12-13H2,1H3. The Morgan fingerprint density at radius 3 is 2.46 bits per heavy atom. The number of benzene rings is 1. The third-order valence-corrected chi connectivity index (χ3v) is 6.99. The highest BCUT2D eigenvalue weighted by atomic mass is 32.2. The van der Waals surface area contributed by atoms with Crippen LogP contribution in [0, 0.1) is 0 Å². The Morgan fingerprint density at radius 1 is 1.07 bits per heavy atom. The van der Waals surface area contributed by atoms with E-state index in [1.807, 2.05) is 28.8 Å². The van der Waals surface area contributed by atoms with E-state index < -0.39 is 16.0 Å². The molecular formula is C19H20N4O4S. The lowest BCUT2D eigenvalue weighted by Crippen LogP contribution is -2.38. The summed E-state index contributed by atoms with van der Waals surface area (Å²) in [6.07, 6.45) is 3.28. The average Bonchev–Trinajstić information content (AvgIpc) is 3.17. The van der Waals surface area contributed by atoms with Crippen LogP contribution in [-0.2, 0) is 14.8 Å². The molecule has 0 aliphatic carbocycles. The maximum atomic E-state index is 12.9. The minimum absolute atomic E-state index is 0.158. The van der Waals surface area contributed by atoms with Crippen molar-refractivity contribution in [1.29, 1.82) is 0 Å². The smallest absolute Gasteiger partial charge is 0.337 e. The SMILES string of the molecule is COC(=O)c1ccc(S(=O)(=O)N2CCC(c3nnc4ccccn34)CC2)cc1. The van der Waals surface area contributed by atoms with Gasteiger partial charge in [-0.15, -0.1) is 10.2 Å². The third kappa shape index (κ3) is 3.27. The molecule has 8 nitrogen and oxygen atoms in total. The van der Waals surface area contributed by atoms with Crippen LogP contribution in [0.4, 0.5) is 0 Å². The predicted molar refractivity (Wildman–Crippen MR) is 102 cm³/mol. The van der Waals surface area contributed by atoms with Crippen LogP contribution in [0.1, 0.15) is 34.9 Å². The van der Waals surface area contributed by atoms with Gasteiger partial charge in [0.25, 0.3) is 0 Å². The van der Waals surface area contributed by atoms with Crippen molar-refractivity contribution in [3.8, 4) is 0 Å². The van der Waals surface area contributed by atoms with Crippen molar-refractivity contribution in [2.24, 2.45) is 0 Å². The fourth-order valence-electron chi connectivity index (χ4n) is 3.52. The van der Waals surface area contributed by atoms with Crippen molar-refractivity contribution in [3.63, 3.8) is 0 Å². The van der Waals surface area contributed by atoms with E-state index in [1.165, 1.54) is 35.7 Å². The molecule has 4 rings (SSSR count). The normalized spacial score (nSPS) is 16.3. The van der Waals surface area contributed by atoms with E-state index in [2.05, 4.69) is 14.9 Å². The summed E-state index contributed by atoms with van der Waals surface area (Å²) in [5.74, 6) is 0.533. The summed E-state index contributed by atoms with van der Waals surface area (Å²) in [7, 11) is -2.32. The highest BCUT2D eigenvalue weighted by molar-refractivity contribution is 7.89. The molecule has 2 aromatic heterocycles. The fourth-order valence-corrected chi connectivity index (χ4v) is 4.99. The zero-order valence-electron chi connectivity index (χ0n) is 15.4. The molecule has 3 heterocycles. The number of carbonyl (C=O) groups excluding carboxylic acids is 1. The van der Waals surface area contributed by atoms with Crippen LogP contribution in [0.5, 0.6) is 0 Å². The Labute approximate surface area is 162 Å². The monoisotopic (exact) mass is 400 g/mol. The second-order valence-electron chi connectivity index (χ2n) is 6.68. The first-order valence-electron chi connectivity index (χ1n) is 8.99. The van der Waals surface area contributed by atoms with Crippen molar-refractivity contribution in [3.05, 3.63) is 60.0 Å². The number of hydrogen-bond acceptors (Lipinski definition) is 6. The summed E-state index contributed by atoms with van der Waals surface area (Å²) in [5.41, 5.74) is 1.11. The Balaban J connectivity index is 1.49. The zero-order valence-corrected chi connectivity index (χ0v) is 16.2. The van der Waals surface area contributed by atoms with Gasteiger partial charge < -0.3 is 4.74 Å². The van der Waals surface area contributed by atoms with Gasteiger partial charge in [-0.05, 0) is 49.2 Å². The van der Waals surface area contributed by atoms with Gasteiger partial charge in [0.2, 0.25) is 10.0 Å². The fraction of sp³-hybridized carbons (Fsp3) is 0.316. The Hall–Kier alpha value is -2.78. The molecule has 1 saturated heterocycles. The minimum Gasteiger partial charge on any atom is -0.465 e. The molecule has 0 spiro atoms. The van der Waals surface area contributed by atoms with E-state index >= 15 is 0 Å². The highest BCUT2D eigenvalue weighted by Gasteiger charge is 2.31. The van der Waals surface area contributed by atoms with Crippen LogP contribution < -0.4 is 0 Å². The molecule has 0 bridgehead atoms. The Kier molecular flexibility index (Phi) is 4.86. The first kappa shape index (κ1) is 18.6. The van der Waals surface area contributed by atoms with Gasteiger partial charge >= 0.3 is 5.97 Å². The summed E-state index contributed by atoms with van der Waals surface area (Å²) in [4.78, 5) is 11.7. The van der Waals surface area contributed by atoms with Crippen LogP contribution in [0.3, 0.4) is 0 Å². The van der Waals surface area contributed by atoms with Gasteiger partial charge in [-0.2, -0.15) is 4.31 Å². The van der Waals surface area contributed by atoms with Gasteiger partial charge in [0, 0.05) is 25.2 Å². The number of rotatable bonds is 4. The number of sulfonamides is 1. The van der Waals surface area contributed by atoms with Crippen LogP contribution in [-0.4, -0.2) is 53.5 Å². The molecule has 0 atom stereocenters. The molecule has 1 fully saturated rings. The van der Waals surface area contributed by atoms with E-state index in [4.69, 9.17) is 0 Å². The topological polar surface area (TPSA) is 93.9 Å². The highest BCUT2D eigenvalue weighted by Crippen LogP contribution is 2.30. The number of aromatic nitrogens is 3. The lowest BCUT2D eigenvalue weighted by atomic mass is 9.97. The Morgan fingerprint density at radius 2 is 1.79 bits per heavy atom. The van der Waals surface area contributed by atoms with Crippen molar-refractivity contribution < 1.29 is 17.9 Å². The summed E-state index contributed by atoms with van der Waals surface area (Å²) in [5, 5.41) is 8.48. The van der Waals surface area contributed by atoms with Crippen molar-refractivity contribution in [2.75, 3.05) is 20.2 Å². The molecule has 0 amide bonds. The van der Waals surface area contributed by atoms with Crippen LogP contribution >= 0.6 is 0 Å². The second-order valence-corrected chi connectivity index (χ2v) is 8.62. The molecule has 0 saturated carbocycles. The molecule has 9 heteroatoms. The van der Waals surface area contributed by atoms with E-state index in [0.29, 0.717) is 31.5 Å². The van der Waals surface area contributed by atoms with E-state index in [-0.39, 0.29) is 10.8 Å². The van der Waals surface area contributed by atoms with Gasteiger partial charge in [-0.3, -0.25) is 4.40 Å². The number of fused-ring (bicyclic) bond motifs is 1. The summed E-state index contributed by atoms with van der Waals surface area (Å²) in [6.45, 7) is 0.820. The second kappa shape index (κ2) is 7.33. The number of ether oxygens (including phenoxy) is 1. The number of pyridine rings is 1. The molecule has 0 unspecified atom stereocenters. The van der Waals surface area contributed by atoms with E-state index in [1.54, 1.807) is 0 Å². The molecule has 0 radical (unpaired) electrons. The third-order valence-electron chi connectivity index (χ3n) is 5.07. The summed E-state index contributed by atoms with van der Waals surface area (Å²) >= 11 is 0. The van der Waals surface area contributed by atoms with Crippen LogP contribution in [0.2, 0.25) is 0 Å². The molecule has 3 aromatic rings. The first-order chi connectivity index (χ1) is 13.5. The predicted octanol–water partition coefficient (Wildman–Crippen LogP) is 2.08. The molecule has 146 valence electrons. The minimum atomic E-state index is -3.61. The van der Waals surface area contributed by atoms with Gasteiger partial charge in [0.05, 0.1) is 17.6 Å². The number of esters is 1. The molecule has 28 heavy (non-hydrogen) atoms. The molecule has 1 aliphatic rings. The van der Waals surface area contributed by atoms with E-state index in [9.17, 15) is 13.2 Å². The maximum absolute atomic E-state index is 12.9. The maximum Gasteiger partial charge on any atom is 0.337 e. The van der Waals surface area contributed by atoms with Crippen molar-refractivity contribution in [1.82, 2.24) is 18.9 Å². The number of piperidine rings is 1. The summed E-state index contributed by atoms with van der Waals surface area (Å²) in [6, 6.07) is 11.6. The summed E-state index contributed by atoms with van der Waals surface area (Å²) < 4.78 is 33.9. The van der Waals surface area contributed by atoms with Gasteiger partial charge in [-0.1, -0.05) is 6.07 Å². The lowest BCUT2D eigenvalue weighted by Gasteiger charge is -2.30. The van der Waals surface area contributed by atoms with Gasteiger partial charge in [0.1, 0.15) is 5.82 Å². The number of carbonyl (C=O) groups is 1.